The summed E-state index contributed by atoms with van der Waals surface area (Å²) in [6.45, 7) is 13.4. The predicted octanol–water partition coefficient (Wildman–Crippen LogP) is 4.81. The molecule has 2 N–H and O–H groups in total. The number of hydrogen-bond acceptors (Lipinski definition) is 1. The Morgan fingerprint density at radius 2 is 1.22 bits per heavy atom. The third kappa shape index (κ3) is 2.95. The zero-order valence-corrected chi connectivity index (χ0v) is 13.0. The molecule has 0 saturated carbocycles. The fourth-order valence-corrected chi connectivity index (χ4v) is 2.84. The molecule has 0 aliphatic carbocycles. The molecule has 18 heavy (non-hydrogen) atoms. The van der Waals surface area contributed by atoms with Gasteiger partial charge in [0.25, 0.3) is 0 Å². The second-order valence-electron chi connectivity index (χ2n) is 5.64. The summed E-state index contributed by atoms with van der Waals surface area (Å²) in [6.07, 6.45) is 4.90. The van der Waals surface area contributed by atoms with Crippen LogP contribution in [0.25, 0.3) is 0 Å². The van der Waals surface area contributed by atoms with E-state index in [-0.39, 0.29) is 6.04 Å². The lowest BCUT2D eigenvalue weighted by Gasteiger charge is -2.23. The van der Waals surface area contributed by atoms with Crippen molar-refractivity contribution in [2.45, 2.75) is 73.3 Å². The van der Waals surface area contributed by atoms with Gasteiger partial charge in [0.05, 0.1) is 0 Å². The van der Waals surface area contributed by atoms with E-state index < -0.39 is 0 Å². The van der Waals surface area contributed by atoms with Crippen LogP contribution in [0.15, 0.2) is 0 Å². The van der Waals surface area contributed by atoms with Crippen molar-refractivity contribution in [3.05, 3.63) is 33.4 Å². The first-order valence-electron chi connectivity index (χ1n) is 7.24. The Labute approximate surface area is 113 Å². The molecule has 0 aromatic heterocycles. The second kappa shape index (κ2) is 6.38. The van der Waals surface area contributed by atoms with Gasteiger partial charge in [0.2, 0.25) is 0 Å². The lowest BCUT2D eigenvalue weighted by atomic mass is 9.85. The van der Waals surface area contributed by atoms with Gasteiger partial charge in [0.1, 0.15) is 0 Å². The first-order chi connectivity index (χ1) is 8.41. The van der Waals surface area contributed by atoms with Crippen molar-refractivity contribution in [3.63, 3.8) is 0 Å². The molecule has 0 unspecified atom stereocenters. The molecule has 0 amide bonds. The molecule has 1 rings (SSSR count). The highest BCUT2D eigenvalue weighted by atomic mass is 14.6. The van der Waals surface area contributed by atoms with Gasteiger partial charge in [-0.05, 0) is 74.4 Å². The van der Waals surface area contributed by atoms with Crippen molar-refractivity contribution < 1.29 is 0 Å². The summed E-state index contributed by atoms with van der Waals surface area (Å²) < 4.78 is 0. The summed E-state index contributed by atoms with van der Waals surface area (Å²) in [4.78, 5) is 0. The van der Waals surface area contributed by atoms with E-state index in [9.17, 15) is 0 Å². The van der Waals surface area contributed by atoms with Crippen molar-refractivity contribution >= 4 is 0 Å². The third-order valence-corrected chi connectivity index (χ3v) is 4.55. The molecule has 1 aromatic carbocycles. The fraction of sp³-hybridized carbons (Fsp3) is 0.647. The van der Waals surface area contributed by atoms with Gasteiger partial charge < -0.3 is 5.73 Å². The minimum Gasteiger partial charge on any atom is -0.324 e. The summed E-state index contributed by atoms with van der Waals surface area (Å²) in [5.41, 5.74) is 14.9. The highest BCUT2D eigenvalue weighted by molar-refractivity contribution is 5.50. The van der Waals surface area contributed by atoms with E-state index in [0.29, 0.717) is 0 Å². The highest BCUT2D eigenvalue weighted by Gasteiger charge is 2.17. The summed E-state index contributed by atoms with van der Waals surface area (Å²) in [6, 6.07) is 0.203. The molecule has 0 spiro atoms. The molecule has 102 valence electrons. The van der Waals surface area contributed by atoms with E-state index in [2.05, 4.69) is 41.5 Å². The molecule has 1 heteroatoms. The van der Waals surface area contributed by atoms with Gasteiger partial charge in [-0.25, -0.2) is 0 Å². The second-order valence-corrected chi connectivity index (χ2v) is 5.64. The van der Waals surface area contributed by atoms with Crippen LogP contribution in [0, 0.1) is 34.6 Å². The maximum Gasteiger partial charge on any atom is 0.0300 e. The topological polar surface area (TPSA) is 26.0 Å². The van der Waals surface area contributed by atoms with Crippen LogP contribution in [0.2, 0.25) is 0 Å². The Balaban J connectivity index is 3.08. The summed E-state index contributed by atoms with van der Waals surface area (Å²) in [5, 5.41) is 0. The van der Waals surface area contributed by atoms with Gasteiger partial charge in [-0.3, -0.25) is 0 Å². The Bertz CT molecular complexity index is 389. The largest absolute Gasteiger partial charge is 0.324 e. The van der Waals surface area contributed by atoms with Crippen LogP contribution < -0.4 is 5.73 Å². The first kappa shape index (κ1) is 15.2. The van der Waals surface area contributed by atoms with Crippen LogP contribution >= 0.6 is 0 Å². The summed E-state index contributed by atoms with van der Waals surface area (Å²) in [7, 11) is 0. The smallest absolute Gasteiger partial charge is 0.0300 e. The van der Waals surface area contributed by atoms with Crippen LogP contribution in [0.1, 0.15) is 72.0 Å². The Morgan fingerprint density at radius 3 is 1.67 bits per heavy atom. The molecule has 1 aromatic rings. The maximum atomic E-state index is 6.43. The van der Waals surface area contributed by atoms with Crippen molar-refractivity contribution in [2.24, 2.45) is 5.73 Å². The normalized spacial score (nSPS) is 12.8. The van der Waals surface area contributed by atoms with Crippen LogP contribution in [-0.2, 0) is 0 Å². The van der Waals surface area contributed by atoms with E-state index in [1.54, 1.807) is 0 Å². The van der Waals surface area contributed by atoms with Crippen LogP contribution in [0.3, 0.4) is 0 Å². The van der Waals surface area contributed by atoms with Gasteiger partial charge in [0.15, 0.2) is 0 Å². The SMILES string of the molecule is CCCCC[C@H](N)c1c(C)c(C)c(C)c(C)c1C. The Kier molecular flexibility index (Phi) is 5.40. The number of unbranched alkanes of at least 4 members (excludes halogenated alkanes) is 2. The molecule has 0 radical (unpaired) electrons. The van der Waals surface area contributed by atoms with E-state index in [1.165, 1.54) is 52.6 Å². The van der Waals surface area contributed by atoms with Gasteiger partial charge in [0, 0.05) is 6.04 Å². The lowest BCUT2D eigenvalue weighted by molar-refractivity contribution is 0.576. The molecule has 0 fully saturated rings. The van der Waals surface area contributed by atoms with Crippen LogP contribution in [0.4, 0.5) is 0 Å². The fourth-order valence-electron chi connectivity index (χ4n) is 2.84. The average molecular weight is 247 g/mol. The molecule has 0 bridgehead atoms. The van der Waals surface area contributed by atoms with Crippen molar-refractivity contribution in [3.8, 4) is 0 Å². The minimum atomic E-state index is 0.203. The van der Waals surface area contributed by atoms with Crippen LogP contribution in [-0.4, -0.2) is 0 Å². The van der Waals surface area contributed by atoms with Crippen molar-refractivity contribution in [2.75, 3.05) is 0 Å². The highest BCUT2D eigenvalue weighted by Crippen LogP contribution is 2.31. The zero-order valence-electron chi connectivity index (χ0n) is 13.0. The van der Waals surface area contributed by atoms with E-state index >= 15 is 0 Å². The molecule has 0 heterocycles. The lowest BCUT2D eigenvalue weighted by Crippen LogP contribution is -2.15. The first-order valence-corrected chi connectivity index (χ1v) is 7.24. The monoisotopic (exact) mass is 247 g/mol. The van der Waals surface area contributed by atoms with E-state index in [4.69, 9.17) is 5.73 Å². The van der Waals surface area contributed by atoms with E-state index in [0.717, 1.165) is 6.42 Å². The van der Waals surface area contributed by atoms with Crippen molar-refractivity contribution in [1.29, 1.82) is 0 Å². The molecule has 0 saturated heterocycles. The van der Waals surface area contributed by atoms with Gasteiger partial charge in [-0.2, -0.15) is 0 Å². The van der Waals surface area contributed by atoms with Gasteiger partial charge >= 0.3 is 0 Å². The average Bonchev–Trinajstić information content (AvgIpc) is 2.34. The quantitative estimate of drug-likeness (QED) is 0.742. The van der Waals surface area contributed by atoms with Gasteiger partial charge in [-0.1, -0.05) is 26.2 Å². The predicted molar refractivity (Wildman–Crippen MR) is 81.2 cm³/mol. The molecule has 1 nitrogen and oxygen atoms in total. The number of rotatable bonds is 5. The summed E-state index contributed by atoms with van der Waals surface area (Å²) in [5.74, 6) is 0. The van der Waals surface area contributed by atoms with Crippen LogP contribution in [0.5, 0.6) is 0 Å². The molecule has 1 atom stereocenters. The molecular formula is C17H29N. The van der Waals surface area contributed by atoms with E-state index in [1.807, 2.05) is 0 Å². The molecule has 0 aliphatic rings. The number of hydrogen-bond donors (Lipinski definition) is 1. The minimum absolute atomic E-state index is 0.203. The van der Waals surface area contributed by atoms with Gasteiger partial charge in [-0.15, -0.1) is 0 Å². The standard InChI is InChI=1S/C17H29N/c1-7-8-9-10-16(18)17-14(5)12(3)11(2)13(4)15(17)6/h16H,7-10,18H2,1-6H3/t16-/m0/s1. The Hall–Kier alpha value is -0.820. The molecule has 0 aliphatic heterocycles. The number of nitrogens with two attached hydrogens (primary N) is 1. The summed E-state index contributed by atoms with van der Waals surface area (Å²) >= 11 is 0. The molecular weight excluding hydrogens is 218 g/mol. The van der Waals surface area contributed by atoms with Crippen molar-refractivity contribution in [1.82, 2.24) is 0 Å². The maximum absolute atomic E-state index is 6.43. The zero-order chi connectivity index (χ0) is 13.9. The third-order valence-electron chi connectivity index (χ3n) is 4.55. The number of benzene rings is 1. The Morgan fingerprint density at radius 1 is 0.778 bits per heavy atom.